The summed E-state index contributed by atoms with van der Waals surface area (Å²) in [5.74, 6) is -0.296. The van der Waals surface area contributed by atoms with Gasteiger partial charge >= 0.3 is 5.97 Å². The van der Waals surface area contributed by atoms with E-state index in [1.54, 1.807) is 6.07 Å². The van der Waals surface area contributed by atoms with Crippen LogP contribution in [0.25, 0.3) is 0 Å². The molecule has 92 valence electrons. The average molecular weight is 237 g/mol. The van der Waals surface area contributed by atoms with Crippen LogP contribution in [0.3, 0.4) is 0 Å². The van der Waals surface area contributed by atoms with Gasteiger partial charge in [-0.1, -0.05) is 18.2 Å². The number of aryl methyl sites for hydroxylation is 1. The van der Waals surface area contributed by atoms with E-state index < -0.39 is 5.97 Å². The molecule has 5 heteroatoms. The van der Waals surface area contributed by atoms with Gasteiger partial charge in [0.05, 0.1) is 0 Å². The third kappa shape index (κ3) is 4.55. The number of carbonyl (C=O) groups excluding carboxylic acids is 2. The molecule has 0 bridgehead atoms. The molecule has 0 atom stereocenters. The van der Waals surface area contributed by atoms with Gasteiger partial charge in [-0.2, -0.15) is 0 Å². The summed E-state index contributed by atoms with van der Waals surface area (Å²) >= 11 is 0. The fourth-order valence-electron chi connectivity index (χ4n) is 1.11. The lowest BCUT2D eigenvalue weighted by Crippen LogP contribution is -2.26. The zero-order chi connectivity index (χ0) is 12.7. The summed E-state index contributed by atoms with van der Waals surface area (Å²) in [6.45, 7) is 1.39. The predicted molar refractivity (Wildman–Crippen MR) is 61.7 cm³/mol. The number of para-hydroxylation sites is 1. The molecule has 0 aliphatic carbocycles. The molecule has 1 N–H and O–H groups in total. The van der Waals surface area contributed by atoms with Crippen LogP contribution in [0.15, 0.2) is 24.3 Å². The molecule has 0 unspecified atom stereocenters. The lowest BCUT2D eigenvalue weighted by atomic mass is 10.2. The van der Waals surface area contributed by atoms with Crippen molar-refractivity contribution in [3.63, 3.8) is 0 Å². The number of hydrogen-bond donors (Lipinski definition) is 1. The van der Waals surface area contributed by atoms with Crippen LogP contribution in [0.1, 0.15) is 5.56 Å². The van der Waals surface area contributed by atoms with Crippen LogP contribution in [0.2, 0.25) is 0 Å². The Kier molecular flexibility index (Phi) is 5.00. The average Bonchev–Trinajstić information content (AvgIpc) is 2.35. The van der Waals surface area contributed by atoms with E-state index in [4.69, 9.17) is 4.74 Å². The normalized spacial score (nSPS) is 9.53. The summed E-state index contributed by atoms with van der Waals surface area (Å²) in [6.07, 6.45) is 0. The largest absolute Gasteiger partial charge is 0.482 e. The zero-order valence-electron chi connectivity index (χ0n) is 9.86. The summed E-state index contributed by atoms with van der Waals surface area (Å²) in [6, 6.07) is 7.34. The third-order valence-corrected chi connectivity index (χ3v) is 2.08. The minimum atomic E-state index is -0.572. The van der Waals surface area contributed by atoms with Crippen molar-refractivity contribution in [2.24, 2.45) is 0 Å². The smallest absolute Gasteiger partial charge is 0.344 e. The maximum absolute atomic E-state index is 11.2. The zero-order valence-corrected chi connectivity index (χ0v) is 9.86. The first-order valence-electron chi connectivity index (χ1n) is 5.18. The highest BCUT2D eigenvalue weighted by Crippen LogP contribution is 2.15. The minimum absolute atomic E-state index is 0.207. The van der Waals surface area contributed by atoms with Crippen molar-refractivity contribution < 1.29 is 19.1 Å². The number of benzene rings is 1. The Hall–Kier alpha value is -2.04. The number of carbonyl (C=O) groups is 2. The maximum Gasteiger partial charge on any atom is 0.344 e. The molecular formula is C12H15NO4. The molecule has 0 aromatic heterocycles. The second-order valence-electron chi connectivity index (χ2n) is 3.39. The second-order valence-corrected chi connectivity index (χ2v) is 3.39. The van der Waals surface area contributed by atoms with Gasteiger partial charge in [-0.3, -0.25) is 4.79 Å². The molecule has 0 radical (unpaired) electrons. The quantitative estimate of drug-likeness (QED) is 0.764. The Morgan fingerprint density at radius 3 is 2.59 bits per heavy atom. The molecule has 0 spiro atoms. The topological polar surface area (TPSA) is 64.6 Å². The fourth-order valence-corrected chi connectivity index (χ4v) is 1.11. The van der Waals surface area contributed by atoms with Crippen LogP contribution in [0.4, 0.5) is 0 Å². The molecule has 1 aromatic carbocycles. The molecule has 0 aliphatic heterocycles. The SMILES string of the molecule is CNC(=O)COC(=O)COc1ccccc1C. The van der Waals surface area contributed by atoms with E-state index >= 15 is 0 Å². The first-order chi connectivity index (χ1) is 8.13. The van der Waals surface area contributed by atoms with Gasteiger partial charge in [0, 0.05) is 7.05 Å². The Balaban J connectivity index is 2.34. The van der Waals surface area contributed by atoms with E-state index in [1.165, 1.54) is 7.05 Å². The summed E-state index contributed by atoms with van der Waals surface area (Å²) in [4.78, 5) is 22.0. The van der Waals surface area contributed by atoms with Crippen molar-refractivity contribution in [2.75, 3.05) is 20.3 Å². The fraction of sp³-hybridized carbons (Fsp3) is 0.333. The summed E-state index contributed by atoms with van der Waals surface area (Å²) in [5.41, 5.74) is 0.937. The van der Waals surface area contributed by atoms with Gasteiger partial charge in [0.1, 0.15) is 5.75 Å². The van der Waals surface area contributed by atoms with Crippen LogP contribution in [0, 0.1) is 6.92 Å². The van der Waals surface area contributed by atoms with Crippen LogP contribution < -0.4 is 10.1 Å². The summed E-state index contributed by atoms with van der Waals surface area (Å²) in [5, 5.41) is 2.35. The van der Waals surface area contributed by atoms with Crippen LogP contribution in [-0.2, 0) is 14.3 Å². The molecule has 5 nitrogen and oxygen atoms in total. The molecule has 1 aromatic rings. The number of amides is 1. The number of esters is 1. The van der Waals surface area contributed by atoms with E-state index in [0.717, 1.165) is 5.56 Å². The highest BCUT2D eigenvalue weighted by atomic mass is 16.6. The Bertz CT molecular complexity index is 403. The van der Waals surface area contributed by atoms with Crippen LogP contribution in [-0.4, -0.2) is 32.1 Å². The Morgan fingerprint density at radius 2 is 1.94 bits per heavy atom. The molecule has 1 amide bonds. The standard InChI is InChI=1S/C12H15NO4/c1-9-5-3-4-6-10(9)16-8-12(15)17-7-11(14)13-2/h3-6H,7-8H2,1-2H3,(H,13,14). The van der Waals surface area contributed by atoms with Gasteiger partial charge in [-0.05, 0) is 18.6 Å². The van der Waals surface area contributed by atoms with Crippen LogP contribution in [0.5, 0.6) is 5.75 Å². The van der Waals surface area contributed by atoms with E-state index in [0.29, 0.717) is 5.75 Å². The first kappa shape index (κ1) is 13.0. The van der Waals surface area contributed by atoms with Crippen molar-refractivity contribution in [3.05, 3.63) is 29.8 Å². The molecule has 17 heavy (non-hydrogen) atoms. The Labute approximate surface area is 99.7 Å². The van der Waals surface area contributed by atoms with E-state index in [1.807, 2.05) is 25.1 Å². The van der Waals surface area contributed by atoms with Crippen molar-refractivity contribution >= 4 is 11.9 Å². The van der Waals surface area contributed by atoms with Gasteiger partial charge in [0.15, 0.2) is 13.2 Å². The van der Waals surface area contributed by atoms with Gasteiger partial charge in [0.25, 0.3) is 5.91 Å². The van der Waals surface area contributed by atoms with Crippen molar-refractivity contribution in [2.45, 2.75) is 6.92 Å². The van der Waals surface area contributed by atoms with Gasteiger partial charge in [-0.15, -0.1) is 0 Å². The van der Waals surface area contributed by atoms with Crippen molar-refractivity contribution in [1.82, 2.24) is 5.32 Å². The summed E-state index contributed by atoms with van der Waals surface area (Å²) in [7, 11) is 1.47. The summed E-state index contributed by atoms with van der Waals surface area (Å²) < 4.78 is 9.94. The number of rotatable bonds is 5. The molecule has 0 fully saturated rings. The van der Waals surface area contributed by atoms with Crippen molar-refractivity contribution in [3.8, 4) is 5.75 Å². The van der Waals surface area contributed by atoms with Gasteiger partial charge in [0.2, 0.25) is 0 Å². The molecule has 1 rings (SSSR count). The molecule has 0 heterocycles. The molecule has 0 saturated carbocycles. The monoisotopic (exact) mass is 237 g/mol. The number of ether oxygens (including phenoxy) is 2. The Morgan fingerprint density at radius 1 is 1.24 bits per heavy atom. The van der Waals surface area contributed by atoms with E-state index in [2.05, 4.69) is 10.1 Å². The predicted octanol–water partition coefficient (Wildman–Crippen LogP) is 0.663. The van der Waals surface area contributed by atoms with Crippen LogP contribution >= 0.6 is 0 Å². The van der Waals surface area contributed by atoms with Gasteiger partial charge < -0.3 is 14.8 Å². The van der Waals surface area contributed by atoms with Crippen molar-refractivity contribution in [1.29, 1.82) is 0 Å². The molecule has 0 aliphatic rings. The lowest BCUT2D eigenvalue weighted by Gasteiger charge is -2.08. The van der Waals surface area contributed by atoms with E-state index in [-0.39, 0.29) is 19.1 Å². The molecule has 0 saturated heterocycles. The second kappa shape index (κ2) is 6.52. The number of likely N-dealkylation sites (N-methyl/N-ethyl adjacent to an activating group) is 1. The third-order valence-electron chi connectivity index (χ3n) is 2.08. The first-order valence-corrected chi connectivity index (χ1v) is 5.18. The van der Waals surface area contributed by atoms with Gasteiger partial charge in [-0.25, -0.2) is 4.79 Å². The van der Waals surface area contributed by atoms with E-state index in [9.17, 15) is 9.59 Å². The highest BCUT2D eigenvalue weighted by molar-refractivity contribution is 5.80. The lowest BCUT2D eigenvalue weighted by molar-refractivity contribution is -0.150. The highest BCUT2D eigenvalue weighted by Gasteiger charge is 2.07. The number of nitrogens with one attached hydrogen (secondary N) is 1. The molecular weight excluding hydrogens is 222 g/mol. The number of hydrogen-bond acceptors (Lipinski definition) is 4. The maximum atomic E-state index is 11.2. The minimum Gasteiger partial charge on any atom is -0.482 e.